The van der Waals surface area contributed by atoms with E-state index in [0.717, 1.165) is 37.8 Å². The van der Waals surface area contributed by atoms with Crippen LogP contribution in [0.25, 0.3) is 0 Å². The average Bonchev–Trinajstić information content (AvgIpc) is 2.37. The van der Waals surface area contributed by atoms with E-state index in [1.165, 1.54) is 0 Å². The van der Waals surface area contributed by atoms with E-state index in [0.29, 0.717) is 11.4 Å². The molecular weight excluding hydrogens is 238 g/mol. The lowest BCUT2D eigenvalue weighted by atomic mass is 10.1. The third kappa shape index (κ3) is 4.89. The Kier molecular flexibility index (Phi) is 6.33. The highest BCUT2D eigenvalue weighted by Gasteiger charge is 2.13. The van der Waals surface area contributed by atoms with Crippen molar-refractivity contribution in [3.05, 3.63) is 23.4 Å². The highest BCUT2D eigenvalue weighted by atomic mass is 16.1. The van der Waals surface area contributed by atoms with Gasteiger partial charge in [0, 0.05) is 17.3 Å². The normalized spacial score (nSPS) is 12.2. The van der Waals surface area contributed by atoms with Crippen molar-refractivity contribution in [3.8, 4) is 0 Å². The van der Waals surface area contributed by atoms with Crippen molar-refractivity contribution in [1.82, 2.24) is 10.3 Å². The fourth-order valence-corrected chi connectivity index (χ4v) is 2.12. The summed E-state index contributed by atoms with van der Waals surface area (Å²) in [5.41, 5.74) is 7.26. The first-order valence-electron chi connectivity index (χ1n) is 7.17. The minimum atomic E-state index is -0.0493. The van der Waals surface area contributed by atoms with E-state index in [2.05, 4.69) is 31.1 Å². The number of anilines is 1. The summed E-state index contributed by atoms with van der Waals surface area (Å²) in [7, 11) is 0. The number of nitrogens with one attached hydrogen (secondary N) is 1. The number of aromatic nitrogens is 1. The van der Waals surface area contributed by atoms with Gasteiger partial charge in [-0.25, -0.2) is 4.98 Å². The van der Waals surface area contributed by atoms with Crippen molar-refractivity contribution in [3.63, 3.8) is 0 Å². The molecule has 0 bridgehead atoms. The van der Waals surface area contributed by atoms with Gasteiger partial charge in [-0.1, -0.05) is 33.6 Å². The zero-order chi connectivity index (χ0) is 14.3. The van der Waals surface area contributed by atoms with Crippen molar-refractivity contribution >= 4 is 11.7 Å². The molecule has 1 unspecified atom stereocenters. The van der Waals surface area contributed by atoms with Gasteiger partial charge in [-0.05, 0) is 31.4 Å². The van der Waals surface area contributed by atoms with Crippen LogP contribution < -0.4 is 11.1 Å². The van der Waals surface area contributed by atoms with E-state index >= 15 is 0 Å². The van der Waals surface area contributed by atoms with Gasteiger partial charge in [-0.15, -0.1) is 0 Å². The second-order valence-electron chi connectivity index (χ2n) is 4.89. The standard InChI is InChI=1S/C15H25N3O/c1-4-7-12(6-3)18-15(19)11-9-13(8-5-2)17-14(16)10-11/h9-10,12H,4-8H2,1-3H3,(H2,16,17)(H,18,19). The number of hydrogen-bond acceptors (Lipinski definition) is 3. The summed E-state index contributed by atoms with van der Waals surface area (Å²) in [6, 6.07) is 3.72. The van der Waals surface area contributed by atoms with Crippen LogP contribution in [0.3, 0.4) is 0 Å². The Morgan fingerprint density at radius 3 is 2.63 bits per heavy atom. The Balaban J connectivity index is 2.80. The molecule has 4 heteroatoms. The highest BCUT2D eigenvalue weighted by molar-refractivity contribution is 5.95. The maximum absolute atomic E-state index is 12.2. The first-order chi connectivity index (χ1) is 9.10. The molecule has 1 aromatic heterocycles. The molecule has 1 heterocycles. The molecule has 0 aliphatic carbocycles. The largest absolute Gasteiger partial charge is 0.384 e. The minimum absolute atomic E-state index is 0.0493. The number of rotatable bonds is 7. The summed E-state index contributed by atoms with van der Waals surface area (Å²) in [6.45, 7) is 6.29. The first-order valence-corrected chi connectivity index (χ1v) is 7.17. The Labute approximate surface area is 115 Å². The zero-order valence-electron chi connectivity index (χ0n) is 12.2. The van der Waals surface area contributed by atoms with Crippen LogP contribution in [0, 0.1) is 0 Å². The van der Waals surface area contributed by atoms with Crippen molar-refractivity contribution in [2.24, 2.45) is 0 Å². The number of nitrogens with two attached hydrogens (primary N) is 1. The summed E-state index contributed by atoms with van der Waals surface area (Å²) in [6.07, 6.45) is 4.85. The Morgan fingerprint density at radius 2 is 2.05 bits per heavy atom. The summed E-state index contributed by atoms with van der Waals surface area (Å²) in [5, 5.41) is 3.06. The van der Waals surface area contributed by atoms with Gasteiger partial charge in [-0.3, -0.25) is 4.79 Å². The number of carbonyl (C=O) groups is 1. The van der Waals surface area contributed by atoms with Gasteiger partial charge in [0.25, 0.3) is 5.91 Å². The van der Waals surface area contributed by atoms with E-state index in [9.17, 15) is 4.79 Å². The second-order valence-corrected chi connectivity index (χ2v) is 4.89. The molecule has 0 aromatic carbocycles. The molecule has 106 valence electrons. The van der Waals surface area contributed by atoms with Crippen LogP contribution in [0.5, 0.6) is 0 Å². The molecule has 1 rings (SSSR count). The second kappa shape index (κ2) is 7.77. The molecule has 0 aliphatic heterocycles. The first kappa shape index (κ1) is 15.5. The van der Waals surface area contributed by atoms with Crippen LogP contribution in [-0.2, 0) is 6.42 Å². The summed E-state index contributed by atoms with van der Waals surface area (Å²) in [5.74, 6) is 0.367. The molecule has 0 saturated heterocycles. The summed E-state index contributed by atoms with van der Waals surface area (Å²) >= 11 is 0. The lowest BCUT2D eigenvalue weighted by Crippen LogP contribution is -2.34. The summed E-state index contributed by atoms with van der Waals surface area (Å²) < 4.78 is 0. The Bertz CT molecular complexity index is 418. The molecule has 3 N–H and O–H groups in total. The molecule has 19 heavy (non-hydrogen) atoms. The molecular formula is C15H25N3O. The summed E-state index contributed by atoms with van der Waals surface area (Å²) in [4.78, 5) is 16.4. The number of nitrogens with zero attached hydrogens (tertiary/aromatic N) is 1. The van der Waals surface area contributed by atoms with Gasteiger partial charge in [0.15, 0.2) is 0 Å². The van der Waals surface area contributed by atoms with E-state index in [1.54, 1.807) is 6.07 Å². The van der Waals surface area contributed by atoms with Crippen LogP contribution in [0.15, 0.2) is 12.1 Å². The lowest BCUT2D eigenvalue weighted by Gasteiger charge is -2.16. The van der Waals surface area contributed by atoms with Crippen LogP contribution in [0.4, 0.5) is 5.82 Å². The van der Waals surface area contributed by atoms with Gasteiger partial charge >= 0.3 is 0 Å². The molecule has 1 amide bonds. The maximum Gasteiger partial charge on any atom is 0.251 e. The molecule has 1 atom stereocenters. The van der Waals surface area contributed by atoms with Crippen molar-refractivity contribution in [1.29, 1.82) is 0 Å². The van der Waals surface area contributed by atoms with Gasteiger partial charge in [0.05, 0.1) is 0 Å². The van der Waals surface area contributed by atoms with E-state index in [1.807, 2.05) is 6.07 Å². The Hall–Kier alpha value is -1.58. The lowest BCUT2D eigenvalue weighted by molar-refractivity contribution is 0.0933. The van der Waals surface area contributed by atoms with E-state index in [4.69, 9.17) is 5.73 Å². The third-order valence-electron chi connectivity index (χ3n) is 3.13. The van der Waals surface area contributed by atoms with Crippen molar-refractivity contribution < 1.29 is 4.79 Å². The number of amides is 1. The predicted molar refractivity (Wildman–Crippen MR) is 79.1 cm³/mol. The van der Waals surface area contributed by atoms with Crippen LogP contribution in [0.1, 0.15) is 62.5 Å². The predicted octanol–water partition coefficient (Wildman–Crippen LogP) is 2.92. The van der Waals surface area contributed by atoms with Gasteiger partial charge < -0.3 is 11.1 Å². The molecule has 1 aromatic rings. The smallest absolute Gasteiger partial charge is 0.251 e. The van der Waals surface area contributed by atoms with E-state index < -0.39 is 0 Å². The average molecular weight is 263 g/mol. The molecule has 0 fully saturated rings. The quantitative estimate of drug-likeness (QED) is 0.794. The van der Waals surface area contributed by atoms with Crippen molar-refractivity contribution in [2.75, 3.05) is 5.73 Å². The number of pyridine rings is 1. The van der Waals surface area contributed by atoms with Gasteiger partial charge in [0.1, 0.15) is 5.82 Å². The molecule has 0 spiro atoms. The van der Waals surface area contributed by atoms with E-state index in [-0.39, 0.29) is 11.9 Å². The number of nitrogen functional groups attached to an aromatic ring is 1. The number of hydrogen-bond donors (Lipinski definition) is 2. The highest BCUT2D eigenvalue weighted by Crippen LogP contribution is 2.11. The fourth-order valence-electron chi connectivity index (χ4n) is 2.12. The minimum Gasteiger partial charge on any atom is -0.384 e. The molecule has 4 nitrogen and oxygen atoms in total. The van der Waals surface area contributed by atoms with Crippen LogP contribution in [-0.4, -0.2) is 16.9 Å². The van der Waals surface area contributed by atoms with Crippen LogP contribution in [0.2, 0.25) is 0 Å². The Morgan fingerprint density at radius 1 is 1.32 bits per heavy atom. The maximum atomic E-state index is 12.2. The monoisotopic (exact) mass is 263 g/mol. The fraction of sp³-hybridized carbons (Fsp3) is 0.600. The third-order valence-corrected chi connectivity index (χ3v) is 3.13. The topological polar surface area (TPSA) is 68.0 Å². The van der Waals surface area contributed by atoms with Crippen LogP contribution >= 0.6 is 0 Å². The molecule has 0 radical (unpaired) electrons. The van der Waals surface area contributed by atoms with Gasteiger partial charge in [-0.2, -0.15) is 0 Å². The zero-order valence-corrected chi connectivity index (χ0v) is 12.2. The van der Waals surface area contributed by atoms with Crippen molar-refractivity contribution in [2.45, 2.75) is 58.9 Å². The van der Waals surface area contributed by atoms with Gasteiger partial charge in [0.2, 0.25) is 0 Å². The number of aryl methyl sites for hydroxylation is 1. The number of carbonyl (C=O) groups excluding carboxylic acids is 1. The molecule has 0 saturated carbocycles. The SMILES string of the molecule is CCCc1cc(C(=O)NC(CC)CCC)cc(N)n1. The molecule has 0 aliphatic rings.